The quantitative estimate of drug-likeness (QED) is 0.643. The zero-order valence-corrected chi connectivity index (χ0v) is 15.1. The van der Waals surface area contributed by atoms with E-state index in [1.807, 2.05) is 11.8 Å². The molecule has 120 valence electrons. The molecule has 4 rings (SSSR count). The van der Waals surface area contributed by atoms with Crippen molar-refractivity contribution in [2.24, 2.45) is 0 Å². The second-order valence-electron chi connectivity index (χ2n) is 6.28. The summed E-state index contributed by atoms with van der Waals surface area (Å²) in [4.78, 5) is 5.39. The van der Waals surface area contributed by atoms with Crippen LogP contribution in [0.3, 0.4) is 0 Å². The van der Waals surface area contributed by atoms with Crippen LogP contribution < -0.4 is 0 Å². The summed E-state index contributed by atoms with van der Waals surface area (Å²) < 4.78 is 0. The van der Waals surface area contributed by atoms with Crippen LogP contribution in [0.15, 0.2) is 59.0 Å². The van der Waals surface area contributed by atoms with Gasteiger partial charge >= 0.3 is 0 Å². The van der Waals surface area contributed by atoms with Crippen molar-refractivity contribution in [3.63, 3.8) is 0 Å². The molecule has 1 nitrogen and oxygen atoms in total. The lowest BCUT2D eigenvalue weighted by molar-refractivity contribution is 0.313. The Labute approximate surface area is 149 Å². The van der Waals surface area contributed by atoms with Gasteiger partial charge in [-0.2, -0.15) is 0 Å². The molecule has 0 aromatic heterocycles. The van der Waals surface area contributed by atoms with E-state index in [0.29, 0.717) is 0 Å². The third-order valence-electron chi connectivity index (χ3n) is 4.74. The third kappa shape index (κ3) is 3.35. The number of hydrogen-bond donors (Lipinski definition) is 0. The van der Waals surface area contributed by atoms with Crippen LogP contribution in [-0.2, 0) is 6.42 Å². The molecule has 2 aromatic rings. The first-order valence-electron chi connectivity index (χ1n) is 8.06. The van der Waals surface area contributed by atoms with Gasteiger partial charge in [-0.15, -0.1) is 12.4 Å². The molecule has 0 bridgehead atoms. The first-order chi connectivity index (χ1) is 10.8. The smallest absolute Gasteiger partial charge is 0.0190 e. The first kappa shape index (κ1) is 16.6. The highest BCUT2D eigenvalue weighted by Crippen LogP contribution is 2.45. The molecule has 0 N–H and O–H groups in total. The average molecular weight is 344 g/mol. The fourth-order valence-corrected chi connectivity index (χ4v) is 4.69. The zero-order chi connectivity index (χ0) is 14.9. The van der Waals surface area contributed by atoms with Crippen molar-refractivity contribution < 1.29 is 0 Å². The van der Waals surface area contributed by atoms with Crippen molar-refractivity contribution in [1.82, 2.24) is 4.90 Å². The molecule has 1 fully saturated rings. The van der Waals surface area contributed by atoms with Crippen molar-refractivity contribution >= 4 is 29.1 Å². The maximum Gasteiger partial charge on any atom is 0.0190 e. The first-order valence-corrected chi connectivity index (χ1v) is 8.87. The highest BCUT2D eigenvalue weighted by Gasteiger charge is 2.22. The van der Waals surface area contributed by atoms with Crippen LogP contribution in [0.2, 0.25) is 0 Å². The summed E-state index contributed by atoms with van der Waals surface area (Å²) in [6.45, 7) is 2.37. The van der Waals surface area contributed by atoms with Crippen molar-refractivity contribution in [3.8, 4) is 0 Å². The number of thioether (sulfide) groups is 1. The van der Waals surface area contributed by atoms with E-state index in [4.69, 9.17) is 0 Å². The predicted molar refractivity (Wildman–Crippen MR) is 102 cm³/mol. The molecule has 0 aliphatic carbocycles. The molecule has 0 atom stereocenters. The molecular formula is C20H22ClNS. The van der Waals surface area contributed by atoms with Crippen molar-refractivity contribution in [2.75, 3.05) is 20.1 Å². The van der Waals surface area contributed by atoms with Gasteiger partial charge < -0.3 is 4.90 Å². The van der Waals surface area contributed by atoms with E-state index >= 15 is 0 Å². The Morgan fingerprint density at radius 3 is 2.30 bits per heavy atom. The van der Waals surface area contributed by atoms with Gasteiger partial charge in [0.15, 0.2) is 0 Å². The van der Waals surface area contributed by atoms with Gasteiger partial charge in [0.1, 0.15) is 0 Å². The van der Waals surface area contributed by atoms with E-state index < -0.39 is 0 Å². The van der Waals surface area contributed by atoms with E-state index in [2.05, 4.69) is 60.5 Å². The molecule has 0 spiro atoms. The average Bonchev–Trinajstić information content (AvgIpc) is 2.72. The van der Waals surface area contributed by atoms with Crippen molar-refractivity contribution in [2.45, 2.75) is 24.2 Å². The molecule has 1 saturated heterocycles. The Morgan fingerprint density at radius 1 is 0.870 bits per heavy atom. The van der Waals surface area contributed by atoms with E-state index in [1.54, 1.807) is 5.57 Å². The molecule has 0 amide bonds. The van der Waals surface area contributed by atoms with Crippen LogP contribution in [0.5, 0.6) is 0 Å². The Balaban J connectivity index is 0.00000156. The molecule has 0 unspecified atom stereocenters. The minimum atomic E-state index is 0. The summed E-state index contributed by atoms with van der Waals surface area (Å²) in [7, 11) is 2.23. The molecule has 2 aliphatic heterocycles. The molecule has 2 aromatic carbocycles. The van der Waals surface area contributed by atoms with Gasteiger partial charge in [-0.25, -0.2) is 0 Å². The highest BCUT2D eigenvalue weighted by molar-refractivity contribution is 8.08. The molecule has 3 heteroatoms. The SMILES string of the molecule is CN1CCC(=C2Sc3ccccc3Cc3ccccc32)CC1.Cl. The summed E-state index contributed by atoms with van der Waals surface area (Å²) in [5, 5.41) is 0. The summed E-state index contributed by atoms with van der Waals surface area (Å²) in [5.41, 5.74) is 6.04. The number of hydrogen-bond acceptors (Lipinski definition) is 2. The standard InChI is InChI=1S/C20H21NS.ClH/c1-21-12-10-15(11-13-21)20-18-8-4-2-6-16(18)14-17-7-3-5-9-19(17)22-20;/h2-9H,10-14H2,1H3;1H. The predicted octanol–water partition coefficient (Wildman–Crippen LogP) is 5.24. The largest absolute Gasteiger partial charge is 0.306 e. The van der Waals surface area contributed by atoms with E-state index in [-0.39, 0.29) is 12.4 Å². The Bertz CT molecular complexity index is 728. The normalized spacial score (nSPS) is 17.8. The summed E-state index contributed by atoms with van der Waals surface area (Å²) in [5.74, 6) is 0. The van der Waals surface area contributed by atoms with Gasteiger partial charge in [-0.1, -0.05) is 59.8 Å². The molecule has 2 aliphatic rings. The van der Waals surface area contributed by atoms with Crippen LogP contribution in [0, 0.1) is 0 Å². The highest BCUT2D eigenvalue weighted by atomic mass is 35.5. The summed E-state index contributed by atoms with van der Waals surface area (Å²) in [6.07, 6.45) is 3.46. The second kappa shape index (κ2) is 7.12. The Kier molecular flexibility index (Phi) is 5.15. The van der Waals surface area contributed by atoms with Gasteiger partial charge in [0.2, 0.25) is 0 Å². The van der Waals surface area contributed by atoms with Crippen LogP contribution >= 0.6 is 24.2 Å². The molecule has 2 heterocycles. The lowest BCUT2D eigenvalue weighted by atomic mass is 9.95. The molecule has 0 saturated carbocycles. The fraction of sp³-hybridized carbons (Fsp3) is 0.300. The van der Waals surface area contributed by atoms with Crippen LogP contribution in [0.25, 0.3) is 4.91 Å². The molecule has 0 radical (unpaired) electrons. The minimum absolute atomic E-state index is 0. The number of halogens is 1. The topological polar surface area (TPSA) is 3.24 Å². The van der Waals surface area contributed by atoms with Gasteiger partial charge in [0.25, 0.3) is 0 Å². The van der Waals surface area contributed by atoms with Crippen LogP contribution in [0.4, 0.5) is 0 Å². The number of fused-ring (bicyclic) bond motifs is 2. The number of likely N-dealkylation sites (tertiary alicyclic amines) is 1. The Morgan fingerprint density at radius 2 is 1.52 bits per heavy atom. The van der Waals surface area contributed by atoms with Gasteiger partial charge in [0, 0.05) is 22.9 Å². The Hall–Kier alpha value is -1.22. The number of rotatable bonds is 0. The van der Waals surface area contributed by atoms with E-state index in [0.717, 1.165) is 6.42 Å². The lowest BCUT2D eigenvalue weighted by Gasteiger charge is -2.26. The van der Waals surface area contributed by atoms with Crippen LogP contribution in [-0.4, -0.2) is 25.0 Å². The number of benzene rings is 2. The third-order valence-corrected chi connectivity index (χ3v) is 6.07. The zero-order valence-electron chi connectivity index (χ0n) is 13.4. The van der Waals surface area contributed by atoms with Crippen LogP contribution in [0.1, 0.15) is 29.5 Å². The van der Waals surface area contributed by atoms with Crippen molar-refractivity contribution in [1.29, 1.82) is 0 Å². The van der Waals surface area contributed by atoms with E-state index in [9.17, 15) is 0 Å². The maximum absolute atomic E-state index is 2.44. The van der Waals surface area contributed by atoms with Gasteiger partial charge in [0.05, 0.1) is 0 Å². The van der Waals surface area contributed by atoms with Crippen molar-refractivity contribution in [3.05, 3.63) is 70.8 Å². The van der Waals surface area contributed by atoms with Gasteiger partial charge in [-0.3, -0.25) is 0 Å². The maximum atomic E-state index is 2.44. The second-order valence-corrected chi connectivity index (χ2v) is 7.33. The monoisotopic (exact) mass is 343 g/mol. The fourth-order valence-electron chi connectivity index (χ4n) is 3.39. The van der Waals surface area contributed by atoms with E-state index in [1.165, 1.54) is 52.4 Å². The summed E-state index contributed by atoms with van der Waals surface area (Å²) >= 11 is 1.99. The summed E-state index contributed by atoms with van der Waals surface area (Å²) in [6, 6.07) is 17.9. The minimum Gasteiger partial charge on any atom is -0.306 e. The molecule has 23 heavy (non-hydrogen) atoms. The number of nitrogens with zero attached hydrogens (tertiary/aromatic N) is 1. The van der Waals surface area contributed by atoms with Gasteiger partial charge in [-0.05, 0) is 49.1 Å². The molecular weight excluding hydrogens is 322 g/mol. The lowest BCUT2D eigenvalue weighted by Crippen LogP contribution is -2.26. The number of piperidine rings is 1.